The smallest absolute Gasteiger partial charge is 0.256 e. The fourth-order valence-electron chi connectivity index (χ4n) is 2.81. The molecule has 1 amide bonds. The topological polar surface area (TPSA) is 59.5 Å². The average Bonchev–Trinajstić information content (AvgIpc) is 3.19. The Kier molecular flexibility index (Phi) is 3.80. The van der Waals surface area contributed by atoms with E-state index in [1.54, 1.807) is 10.5 Å². The van der Waals surface area contributed by atoms with E-state index >= 15 is 0 Å². The molecule has 130 valence electrons. The molecule has 0 fully saturated rings. The van der Waals surface area contributed by atoms with Crippen molar-refractivity contribution in [2.45, 2.75) is 13.8 Å². The third-order valence-electron chi connectivity index (χ3n) is 4.06. The molecule has 4 aromatic rings. The maximum atomic E-state index is 13.4. The maximum Gasteiger partial charge on any atom is 0.256 e. The summed E-state index contributed by atoms with van der Waals surface area (Å²) in [6, 6.07) is 13.0. The van der Waals surface area contributed by atoms with Crippen molar-refractivity contribution in [2.24, 2.45) is 0 Å². The summed E-state index contributed by atoms with van der Waals surface area (Å²) in [4.78, 5) is 17.2. The van der Waals surface area contributed by atoms with Gasteiger partial charge in [0, 0.05) is 11.8 Å². The van der Waals surface area contributed by atoms with Gasteiger partial charge in [-0.25, -0.2) is 9.37 Å². The number of aromatic nitrogens is 2. The average molecular weight is 349 g/mol. The fourth-order valence-corrected chi connectivity index (χ4v) is 2.81. The van der Waals surface area contributed by atoms with Crippen LogP contribution in [0.3, 0.4) is 0 Å². The summed E-state index contributed by atoms with van der Waals surface area (Å²) < 4.78 is 20.9. The molecule has 5 nitrogen and oxygen atoms in total. The van der Waals surface area contributed by atoms with E-state index in [1.165, 1.54) is 18.2 Å². The molecule has 0 saturated heterocycles. The van der Waals surface area contributed by atoms with Gasteiger partial charge in [-0.05, 0) is 55.8 Å². The monoisotopic (exact) mass is 349 g/mol. The van der Waals surface area contributed by atoms with Crippen LogP contribution in [0.1, 0.15) is 21.7 Å². The van der Waals surface area contributed by atoms with Crippen LogP contribution in [-0.2, 0) is 0 Å². The van der Waals surface area contributed by atoms with Crippen molar-refractivity contribution in [1.29, 1.82) is 0 Å². The van der Waals surface area contributed by atoms with Gasteiger partial charge in [-0.2, -0.15) is 0 Å². The Morgan fingerprint density at radius 2 is 2.00 bits per heavy atom. The number of imidazole rings is 1. The molecule has 3 heterocycles. The number of pyridine rings is 1. The number of aryl methyl sites for hydroxylation is 2. The first-order valence-electron chi connectivity index (χ1n) is 8.14. The minimum absolute atomic E-state index is 0.231. The van der Waals surface area contributed by atoms with Gasteiger partial charge in [0.1, 0.15) is 28.7 Å². The quantitative estimate of drug-likeness (QED) is 0.588. The Hall–Kier alpha value is -3.41. The molecular weight excluding hydrogens is 333 g/mol. The number of carbonyl (C=O) groups is 1. The van der Waals surface area contributed by atoms with Gasteiger partial charge in [0.25, 0.3) is 5.91 Å². The SMILES string of the molecule is Cc1ccc2nc(-c3ccc(C)o3)c(NC(=O)c3cccc(F)c3)n2c1. The van der Waals surface area contributed by atoms with Crippen molar-refractivity contribution in [3.63, 3.8) is 0 Å². The summed E-state index contributed by atoms with van der Waals surface area (Å²) in [7, 11) is 0. The molecule has 4 rings (SSSR count). The van der Waals surface area contributed by atoms with E-state index in [4.69, 9.17) is 4.42 Å². The van der Waals surface area contributed by atoms with Crippen molar-refractivity contribution >= 4 is 17.4 Å². The summed E-state index contributed by atoms with van der Waals surface area (Å²) in [6.07, 6.45) is 1.88. The molecule has 0 unspecified atom stereocenters. The lowest BCUT2D eigenvalue weighted by molar-refractivity contribution is 0.102. The van der Waals surface area contributed by atoms with E-state index in [9.17, 15) is 9.18 Å². The number of nitrogens with one attached hydrogen (secondary N) is 1. The first kappa shape index (κ1) is 16.1. The molecule has 0 bridgehead atoms. The van der Waals surface area contributed by atoms with Gasteiger partial charge in [0.2, 0.25) is 0 Å². The highest BCUT2D eigenvalue weighted by Gasteiger charge is 2.19. The predicted molar refractivity (Wildman–Crippen MR) is 96.7 cm³/mol. The maximum absolute atomic E-state index is 13.4. The van der Waals surface area contributed by atoms with Crippen LogP contribution in [0.2, 0.25) is 0 Å². The Balaban J connectivity index is 1.84. The zero-order chi connectivity index (χ0) is 18.3. The molecule has 1 N–H and O–H groups in total. The van der Waals surface area contributed by atoms with Crippen molar-refractivity contribution in [3.8, 4) is 11.5 Å². The summed E-state index contributed by atoms with van der Waals surface area (Å²) >= 11 is 0. The molecule has 6 heteroatoms. The number of rotatable bonds is 3. The van der Waals surface area contributed by atoms with Crippen LogP contribution in [-0.4, -0.2) is 15.3 Å². The molecule has 0 aliphatic rings. The summed E-state index contributed by atoms with van der Waals surface area (Å²) in [5, 5.41) is 2.85. The second-order valence-electron chi connectivity index (χ2n) is 6.12. The summed E-state index contributed by atoms with van der Waals surface area (Å²) in [5.41, 5.74) is 2.44. The van der Waals surface area contributed by atoms with Gasteiger partial charge in [0.05, 0.1) is 0 Å². The first-order chi connectivity index (χ1) is 12.5. The first-order valence-corrected chi connectivity index (χ1v) is 8.14. The van der Waals surface area contributed by atoms with Crippen LogP contribution < -0.4 is 5.32 Å². The van der Waals surface area contributed by atoms with Crippen LogP contribution in [0, 0.1) is 19.7 Å². The van der Waals surface area contributed by atoms with Gasteiger partial charge >= 0.3 is 0 Å². The number of carbonyl (C=O) groups excluding carboxylic acids is 1. The normalized spacial score (nSPS) is 11.0. The van der Waals surface area contributed by atoms with Crippen molar-refractivity contribution < 1.29 is 13.6 Å². The Morgan fingerprint density at radius 1 is 1.15 bits per heavy atom. The van der Waals surface area contributed by atoms with Crippen LogP contribution in [0.5, 0.6) is 0 Å². The standard InChI is InChI=1S/C20H16FN3O2/c1-12-6-9-17-22-18(16-8-7-13(2)26-16)19(24(17)11-12)23-20(25)14-4-3-5-15(21)10-14/h3-11H,1-2H3,(H,23,25). The van der Waals surface area contributed by atoms with Gasteiger partial charge in [0.15, 0.2) is 5.76 Å². The molecule has 0 aliphatic heterocycles. The number of hydrogen-bond donors (Lipinski definition) is 1. The zero-order valence-corrected chi connectivity index (χ0v) is 14.3. The highest BCUT2D eigenvalue weighted by molar-refractivity contribution is 6.05. The zero-order valence-electron chi connectivity index (χ0n) is 14.3. The number of halogens is 1. The van der Waals surface area contributed by atoms with Crippen LogP contribution in [0.15, 0.2) is 59.1 Å². The van der Waals surface area contributed by atoms with Gasteiger partial charge in [-0.1, -0.05) is 12.1 Å². The van der Waals surface area contributed by atoms with Crippen molar-refractivity contribution in [1.82, 2.24) is 9.38 Å². The molecule has 0 saturated carbocycles. The molecule has 0 aliphatic carbocycles. The minimum atomic E-state index is -0.464. The van der Waals surface area contributed by atoms with Gasteiger partial charge in [-0.15, -0.1) is 0 Å². The number of nitrogens with zero attached hydrogens (tertiary/aromatic N) is 2. The lowest BCUT2D eigenvalue weighted by Crippen LogP contribution is -2.14. The molecule has 26 heavy (non-hydrogen) atoms. The number of hydrogen-bond acceptors (Lipinski definition) is 3. The van der Waals surface area contributed by atoms with Crippen molar-refractivity contribution in [3.05, 3.63) is 77.4 Å². The number of furan rings is 1. The molecular formula is C20H16FN3O2. The second kappa shape index (κ2) is 6.15. The Morgan fingerprint density at radius 3 is 2.73 bits per heavy atom. The van der Waals surface area contributed by atoms with Crippen molar-refractivity contribution in [2.75, 3.05) is 5.32 Å². The Labute approximate surface area is 149 Å². The second-order valence-corrected chi connectivity index (χ2v) is 6.12. The van der Waals surface area contributed by atoms with E-state index < -0.39 is 11.7 Å². The predicted octanol–water partition coefficient (Wildman–Crippen LogP) is 4.60. The number of anilines is 1. The lowest BCUT2D eigenvalue weighted by atomic mass is 10.2. The highest BCUT2D eigenvalue weighted by Crippen LogP contribution is 2.30. The minimum Gasteiger partial charge on any atom is -0.460 e. The lowest BCUT2D eigenvalue weighted by Gasteiger charge is -2.07. The largest absolute Gasteiger partial charge is 0.460 e. The van der Waals surface area contributed by atoms with E-state index in [0.29, 0.717) is 22.9 Å². The van der Waals surface area contributed by atoms with Gasteiger partial charge < -0.3 is 9.73 Å². The highest BCUT2D eigenvalue weighted by atomic mass is 19.1. The third kappa shape index (κ3) is 2.86. The molecule has 1 aromatic carbocycles. The molecule has 0 radical (unpaired) electrons. The number of amides is 1. The third-order valence-corrected chi connectivity index (χ3v) is 4.06. The Bertz CT molecular complexity index is 1130. The van der Waals surface area contributed by atoms with E-state index in [2.05, 4.69) is 10.3 Å². The van der Waals surface area contributed by atoms with E-state index in [0.717, 1.165) is 11.3 Å². The fraction of sp³-hybridized carbons (Fsp3) is 0.100. The van der Waals surface area contributed by atoms with Crippen LogP contribution >= 0.6 is 0 Å². The summed E-state index contributed by atoms with van der Waals surface area (Å²) in [5.74, 6) is 0.896. The van der Waals surface area contributed by atoms with E-state index in [-0.39, 0.29) is 5.56 Å². The van der Waals surface area contributed by atoms with Crippen LogP contribution in [0.25, 0.3) is 17.1 Å². The number of fused-ring (bicyclic) bond motifs is 1. The number of benzene rings is 1. The van der Waals surface area contributed by atoms with E-state index in [1.807, 2.05) is 44.3 Å². The molecule has 3 aromatic heterocycles. The summed E-state index contributed by atoms with van der Waals surface area (Å²) in [6.45, 7) is 3.79. The molecule has 0 atom stereocenters. The van der Waals surface area contributed by atoms with Crippen LogP contribution in [0.4, 0.5) is 10.2 Å². The molecule has 0 spiro atoms. The van der Waals surface area contributed by atoms with Gasteiger partial charge in [-0.3, -0.25) is 9.20 Å².